The minimum Gasteiger partial charge on any atom is -0.486 e. The molecule has 0 aliphatic carbocycles. The van der Waals surface area contributed by atoms with Gasteiger partial charge in [0.25, 0.3) is 5.91 Å². The van der Waals surface area contributed by atoms with E-state index in [9.17, 15) is 27.9 Å². The first-order valence-electron chi connectivity index (χ1n) is 13.5. The molecular weight excluding hydrogens is 551 g/mol. The van der Waals surface area contributed by atoms with Crippen molar-refractivity contribution in [3.05, 3.63) is 83.7 Å². The highest BCUT2D eigenvalue weighted by atomic mass is 19.4. The number of halogens is 3. The summed E-state index contributed by atoms with van der Waals surface area (Å²) < 4.78 is 45.2. The van der Waals surface area contributed by atoms with E-state index >= 15 is 0 Å². The Bertz CT molecular complexity index is 1370. The summed E-state index contributed by atoms with van der Waals surface area (Å²) >= 11 is 0. The van der Waals surface area contributed by atoms with Crippen molar-refractivity contribution >= 4 is 23.3 Å². The van der Waals surface area contributed by atoms with E-state index in [1.54, 1.807) is 42.4 Å². The molecule has 42 heavy (non-hydrogen) atoms. The van der Waals surface area contributed by atoms with E-state index < -0.39 is 29.9 Å². The molecule has 3 N–H and O–H groups in total. The van der Waals surface area contributed by atoms with Crippen molar-refractivity contribution in [2.24, 2.45) is 5.92 Å². The Kier molecular flexibility index (Phi) is 9.69. The van der Waals surface area contributed by atoms with Crippen LogP contribution in [0.5, 0.6) is 5.75 Å². The summed E-state index contributed by atoms with van der Waals surface area (Å²) in [5, 5.41) is 15.1. The van der Waals surface area contributed by atoms with Crippen LogP contribution in [0.15, 0.2) is 67.0 Å². The molecule has 0 spiro atoms. The lowest BCUT2D eigenvalue weighted by molar-refractivity contribution is -0.137. The largest absolute Gasteiger partial charge is 0.486 e. The van der Waals surface area contributed by atoms with E-state index in [0.717, 1.165) is 29.8 Å². The molecule has 0 radical (unpaired) electrons. The number of ether oxygens (including phenoxy) is 1. The quantitative estimate of drug-likeness (QED) is 0.340. The van der Waals surface area contributed by atoms with Crippen LogP contribution in [-0.2, 0) is 12.7 Å². The molecule has 224 valence electrons. The van der Waals surface area contributed by atoms with Gasteiger partial charge in [0.2, 0.25) is 0 Å². The van der Waals surface area contributed by atoms with Gasteiger partial charge in [0.05, 0.1) is 29.5 Å². The van der Waals surface area contributed by atoms with E-state index in [0.29, 0.717) is 19.6 Å². The first kappa shape index (κ1) is 30.8. The number of likely N-dealkylation sites (N-methyl/N-ethyl adjacent to an activating group) is 1. The van der Waals surface area contributed by atoms with E-state index in [1.165, 1.54) is 0 Å². The fourth-order valence-electron chi connectivity index (χ4n) is 4.76. The smallest absolute Gasteiger partial charge is 0.416 e. The average Bonchev–Trinajstić information content (AvgIpc) is 2.95. The number of carbonyl (C=O) groups is 2. The van der Waals surface area contributed by atoms with Gasteiger partial charge in [-0.05, 0) is 68.1 Å². The number of anilines is 2. The van der Waals surface area contributed by atoms with Crippen LogP contribution in [0.4, 0.5) is 29.3 Å². The van der Waals surface area contributed by atoms with Gasteiger partial charge < -0.3 is 25.4 Å². The summed E-state index contributed by atoms with van der Waals surface area (Å²) in [6, 6.07) is 11.5. The number of hydrogen-bond acceptors (Lipinski definition) is 6. The van der Waals surface area contributed by atoms with E-state index in [2.05, 4.69) is 20.5 Å². The molecule has 0 bridgehead atoms. The number of carbonyl (C=O) groups excluding carboxylic acids is 2. The topological polar surface area (TPSA) is 107 Å². The predicted octanol–water partition coefficient (Wildman–Crippen LogP) is 5.10. The molecule has 2 aromatic carbocycles. The summed E-state index contributed by atoms with van der Waals surface area (Å²) in [6.07, 6.45) is -1.45. The van der Waals surface area contributed by atoms with Crippen LogP contribution in [0.25, 0.3) is 0 Å². The molecule has 1 aliphatic heterocycles. The lowest BCUT2D eigenvalue weighted by atomic mass is 9.99. The average molecular weight is 586 g/mol. The highest BCUT2D eigenvalue weighted by Crippen LogP contribution is 2.35. The number of pyridine rings is 1. The standard InChI is InChI=1S/C30H34F3N5O4/c1-19-15-38(20(2)18-39)28(40)24-5-4-6-25(36-29(41)35-23-9-7-22(8-10-23)30(31,32)33)27(24)42-26(19)17-37(3)16-21-11-13-34-14-12-21/h4-14,19-20,26,39H,15-18H2,1-3H3,(H2,35,36,41)/t19-,20+,26-/m0/s1. The maximum Gasteiger partial charge on any atom is 0.416 e. The Hall–Kier alpha value is -4.16. The minimum atomic E-state index is -4.49. The molecule has 1 aliphatic rings. The molecule has 1 aromatic heterocycles. The molecule has 0 unspecified atom stereocenters. The van der Waals surface area contributed by atoms with Gasteiger partial charge in [-0.3, -0.25) is 14.7 Å². The summed E-state index contributed by atoms with van der Waals surface area (Å²) in [5.41, 5.74) is 0.831. The lowest BCUT2D eigenvalue weighted by Crippen LogP contribution is -2.49. The van der Waals surface area contributed by atoms with Crippen LogP contribution < -0.4 is 15.4 Å². The number of para-hydroxylation sites is 1. The molecule has 4 rings (SSSR count). The molecule has 0 saturated carbocycles. The minimum absolute atomic E-state index is 0.148. The monoisotopic (exact) mass is 585 g/mol. The van der Waals surface area contributed by atoms with Crippen LogP contribution in [-0.4, -0.2) is 70.7 Å². The number of hydrogen-bond donors (Lipinski definition) is 3. The maximum atomic E-state index is 13.6. The summed E-state index contributed by atoms with van der Waals surface area (Å²) in [7, 11) is 1.96. The number of urea groups is 1. The predicted molar refractivity (Wildman–Crippen MR) is 152 cm³/mol. The Morgan fingerprint density at radius 1 is 1.14 bits per heavy atom. The molecular formula is C30H34F3N5O4. The third-order valence-electron chi connectivity index (χ3n) is 7.10. The van der Waals surface area contributed by atoms with Gasteiger partial charge in [0.15, 0.2) is 5.75 Å². The third kappa shape index (κ3) is 7.56. The number of aromatic nitrogens is 1. The number of amides is 3. The molecule has 3 atom stereocenters. The number of nitrogens with zero attached hydrogens (tertiary/aromatic N) is 3. The fourth-order valence-corrected chi connectivity index (χ4v) is 4.76. The second-order valence-electron chi connectivity index (χ2n) is 10.5. The zero-order chi connectivity index (χ0) is 30.4. The summed E-state index contributed by atoms with van der Waals surface area (Å²) in [6.45, 7) is 4.97. The van der Waals surface area contributed by atoms with Crippen LogP contribution in [0.1, 0.15) is 35.3 Å². The van der Waals surface area contributed by atoms with Gasteiger partial charge >= 0.3 is 12.2 Å². The van der Waals surface area contributed by atoms with Crippen molar-refractivity contribution in [1.82, 2.24) is 14.8 Å². The molecule has 0 saturated heterocycles. The van der Waals surface area contributed by atoms with Crippen molar-refractivity contribution in [2.45, 2.75) is 38.7 Å². The highest BCUT2D eigenvalue weighted by molar-refractivity contribution is 6.04. The number of rotatable bonds is 8. The van der Waals surface area contributed by atoms with Crippen molar-refractivity contribution in [1.29, 1.82) is 0 Å². The van der Waals surface area contributed by atoms with E-state index in [1.807, 2.05) is 26.1 Å². The van der Waals surface area contributed by atoms with Gasteiger partial charge in [0, 0.05) is 43.6 Å². The zero-order valence-corrected chi connectivity index (χ0v) is 23.6. The van der Waals surface area contributed by atoms with Gasteiger partial charge in [-0.1, -0.05) is 13.0 Å². The Morgan fingerprint density at radius 3 is 2.48 bits per heavy atom. The molecule has 9 nitrogen and oxygen atoms in total. The molecule has 3 amide bonds. The van der Waals surface area contributed by atoms with E-state index in [4.69, 9.17) is 4.74 Å². The Balaban J connectivity index is 1.60. The van der Waals surface area contributed by atoms with Crippen molar-refractivity contribution in [3.8, 4) is 5.75 Å². The van der Waals surface area contributed by atoms with Crippen LogP contribution >= 0.6 is 0 Å². The summed E-state index contributed by atoms with van der Waals surface area (Å²) in [5.74, 6) is -0.326. The number of alkyl halides is 3. The van der Waals surface area contributed by atoms with Crippen LogP contribution in [0.2, 0.25) is 0 Å². The van der Waals surface area contributed by atoms with Crippen molar-refractivity contribution < 1.29 is 32.6 Å². The number of nitrogens with one attached hydrogen (secondary N) is 2. The number of fused-ring (bicyclic) bond motifs is 1. The van der Waals surface area contributed by atoms with E-state index in [-0.39, 0.29) is 41.1 Å². The molecule has 0 fully saturated rings. The number of aliphatic hydroxyl groups is 1. The van der Waals surface area contributed by atoms with Gasteiger partial charge in [0.1, 0.15) is 6.10 Å². The third-order valence-corrected chi connectivity index (χ3v) is 7.10. The second kappa shape index (κ2) is 13.2. The maximum absolute atomic E-state index is 13.6. The SMILES string of the molecule is C[C@H](CO)N1C[C@H](C)[C@H](CN(C)Cc2ccncc2)Oc2c(NC(=O)Nc3ccc(C(F)(F)F)cc3)cccc2C1=O. The summed E-state index contributed by atoms with van der Waals surface area (Å²) in [4.78, 5) is 34.3. The normalized spacial score (nSPS) is 18.0. The van der Waals surface area contributed by atoms with Gasteiger partial charge in [-0.25, -0.2) is 4.79 Å². The molecule has 12 heteroatoms. The van der Waals surface area contributed by atoms with Gasteiger partial charge in [-0.15, -0.1) is 0 Å². The van der Waals surface area contributed by atoms with Crippen molar-refractivity contribution in [2.75, 3.05) is 37.4 Å². The highest BCUT2D eigenvalue weighted by Gasteiger charge is 2.35. The Morgan fingerprint density at radius 2 is 1.83 bits per heavy atom. The first-order chi connectivity index (χ1) is 20.0. The van der Waals surface area contributed by atoms with Crippen molar-refractivity contribution in [3.63, 3.8) is 0 Å². The second-order valence-corrected chi connectivity index (χ2v) is 10.5. The molecule has 2 heterocycles. The van der Waals surface area contributed by atoms with Crippen LogP contribution in [0, 0.1) is 5.92 Å². The number of benzene rings is 2. The zero-order valence-electron chi connectivity index (χ0n) is 23.6. The lowest BCUT2D eigenvalue weighted by Gasteiger charge is -2.38. The first-order valence-corrected chi connectivity index (χ1v) is 13.5. The Labute approximate surface area is 242 Å². The van der Waals surface area contributed by atoms with Gasteiger partial charge in [-0.2, -0.15) is 13.2 Å². The fraction of sp³-hybridized carbons (Fsp3) is 0.367. The molecule has 3 aromatic rings. The van der Waals surface area contributed by atoms with Crippen LogP contribution in [0.3, 0.4) is 0 Å². The number of aliphatic hydroxyl groups excluding tert-OH is 1.